The summed E-state index contributed by atoms with van der Waals surface area (Å²) in [4.78, 5) is 18.7. The summed E-state index contributed by atoms with van der Waals surface area (Å²) in [6.07, 6.45) is 0. The molecule has 0 aliphatic carbocycles. The number of carbonyl (C=O) groups is 1. The highest BCUT2D eigenvalue weighted by Crippen LogP contribution is 2.17. The van der Waals surface area contributed by atoms with Crippen LogP contribution in [-0.2, 0) is 4.79 Å². The van der Waals surface area contributed by atoms with E-state index in [-0.39, 0.29) is 12.0 Å². The fourth-order valence-electron chi connectivity index (χ4n) is 0.957. The number of nitrogens with zero attached hydrogens (tertiary/aromatic N) is 2. The zero-order valence-corrected chi connectivity index (χ0v) is 9.60. The molecule has 84 valence electrons. The summed E-state index contributed by atoms with van der Waals surface area (Å²) in [6, 6.07) is 9.62. The summed E-state index contributed by atoms with van der Waals surface area (Å²) in [5, 5.41) is 0. The zero-order chi connectivity index (χ0) is 12.0. The fraction of sp³-hybridized carbons (Fsp3) is 0.333. The summed E-state index contributed by atoms with van der Waals surface area (Å²) in [7, 11) is 0. The van der Waals surface area contributed by atoms with E-state index in [1.165, 1.54) is 6.92 Å². The summed E-state index contributed by atoms with van der Waals surface area (Å²) in [5.74, 6) is 0.171. The molecule has 0 bridgehead atoms. The lowest BCUT2D eigenvalue weighted by molar-refractivity contribution is -0.131. The van der Waals surface area contributed by atoms with Crippen LogP contribution in [0.1, 0.15) is 20.8 Å². The number of esters is 1. The number of ether oxygens (including phenoxy) is 1. The van der Waals surface area contributed by atoms with Gasteiger partial charge in [-0.1, -0.05) is 0 Å². The molecule has 0 amide bonds. The molecule has 1 aromatic carbocycles. The highest BCUT2D eigenvalue weighted by atomic mass is 16.5. The first kappa shape index (κ1) is 12.1. The first-order valence-electron chi connectivity index (χ1n) is 5.02. The molecule has 0 aliphatic rings. The first-order valence-corrected chi connectivity index (χ1v) is 5.02. The molecular formula is C12H14N2O2. The summed E-state index contributed by atoms with van der Waals surface area (Å²) in [6.45, 7) is 5.26. The second-order valence-corrected chi connectivity index (χ2v) is 3.52. The third-order valence-corrected chi connectivity index (χ3v) is 1.59. The molecule has 4 nitrogen and oxygen atoms in total. The van der Waals surface area contributed by atoms with E-state index in [9.17, 15) is 4.79 Å². The Kier molecular flexibility index (Phi) is 4.42. The van der Waals surface area contributed by atoms with Crippen molar-refractivity contribution in [2.45, 2.75) is 26.8 Å². The first-order chi connectivity index (χ1) is 7.58. The Labute approximate surface area is 94.7 Å². The molecule has 0 atom stereocenters. The lowest BCUT2D eigenvalue weighted by atomic mass is 10.3. The van der Waals surface area contributed by atoms with Crippen LogP contribution in [0, 0.1) is 0 Å². The van der Waals surface area contributed by atoms with Gasteiger partial charge in [0.15, 0.2) is 0 Å². The molecule has 0 saturated carbocycles. The average molecular weight is 218 g/mol. The Morgan fingerprint density at radius 2 is 1.94 bits per heavy atom. The van der Waals surface area contributed by atoms with E-state index in [2.05, 4.69) is 16.0 Å². The number of hydrogen-bond acceptors (Lipinski definition) is 4. The normalized spacial score (nSPS) is 9.50. The minimum absolute atomic E-state index is 0.184. The van der Waals surface area contributed by atoms with Crippen molar-refractivity contribution in [2.24, 2.45) is 9.98 Å². The molecule has 0 spiro atoms. The molecule has 1 rings (SSSR count). The van der Waals surface area contributed by atoms with Crippen LogP contribution in [0.3, 0.4) is 0 Å². The molecule has 4 heteroatoms. The van der Waals surface area contributed by atoms with Gasteiger partial charge in [0.25, 0.3) is 0 Å². The summed E-state index contributed by atoms with van der Waals surface area (Å²) >= 11 is 0. The molecule has 0 N–H and O–H groups in total. The molecule has 0 radical (unpaired) electrons. The number of hydrogen-bond donors (Lipinski definition) is 0. The Balaban J connectivity index is 2.72. The van der Waals surface area contributed by atoms with Gasteiger partial charge in [-0.25, -0.2) is 4.99 Å². The van der Waals surface area contributed by atoms with Gasteiger partial charge >= 0.3 is 5.97 Å². The average Bonchev–Trinajstić information content (AvgIpc) is 2.19. The van der Waals surface area contributed by atoms with E-state index in [1.54, 1.807) is 24.3 Å². The van der Waals surface area contributed by atoms with Crippen molar-refractivity contribution >= 4 is 17.7 Å². The zero-order valence-electron chi connectivity index (χ0n) is 9.60. The second kappa shape index (κ2) is 5.83. The second-order valence-electron chi connectivity index (χ2n) is 3.52. The summed E-state index contributed by atoms with van der Waals surface area (Å²) in [5.41, 5.74) is 0.723. The minimum atomic E-state index is -0.336. The third kappa shape index (κ3) is 4.53. The van der Waals surface area contributed by atoms with E-state index in [1.807, 2.05) is 13.8 Å². The topological polar surface area (TPSA) is 51.0 Å². The van der Waals surface area contributed by atoms with E-state index >= 15 is 0 Å². The monoisotopic (exact) mass is 218 g/mol. The molecule has 0 heterocycles. The Hall–Kier alpha value is -1.93. The van der Waals surface area contributed by atoms with Gasteiger partial charge in [-0.05, 0) is 38.1 Å². The van der Waals surface area contributed by atoms with Crippen LogP contribution >= 0.6 is 0 Å². The Morgan fingerprint density at radius 3 is 2.44 bits per heavy atom. The van der Waals surface area contributed by atoms with Crippen LogP contribution in [0.4, 0.5) is 5.69 Å². The fourth-order valence-corrected chi connectivity index (χ4v) is 0.957. The maximum Gasteiger partial charge on any atom is 0.308 e. The maximum absolute atomic E-state index is 10.7. The third-order valence-electron chi connectivity index (χ3n) is 1.59. The van der Waals surface area contributed by atoms with Crippen LogP contribution in [0.5, 0.6) is 5.75 Å². The number of rotatable bonds is 3. The van der Waals surface area contributed by atoms with Crippen molar-refractivity contribution < 1.29 is 9.53 Å². The van der Waals surface area contributed by atoms with Crippen LogP contribution in [-0.4, -0.2) is 18.0 Å². The molecule has 0 aromatic heterocycles. The van der Waals surface area contributed by atoms with Gasteiger partial charge in [-0.3, -0.25) is 4.79 Å². The quantitative estimate of drug-likeness (QED) is 0.445. The van der Waals surface area contributed by atoms with Gasteiger partial charge in [0.1, 0.15) is 5.75 Å². The van der Waals surface area contributed by atoms with Gasteiger partial charge in [0, 0.05) is 6.92 Å². The number of benzene rings is 1. The number of aliphatic imine (C=N–C) groups is 2. The van der Waals surface area contributed by atoms with E-state index in [0.717, 1.165) is 5.69 Å². The van der Waals surface area contributed by atoms with Crippen molar-refractivity contribution in [1.82, 2.24) is 0 Å². The lowest BCUT2D eigenvalue weighted by Gasteiger charge is -1.99. The number of carbonyl (C=O) groups excluding carboxylic acids is 1. The molecule has 0 unspecified atom stereocenters. The molecule has 0 fully saturated rings. The van der Waals surface area contributed by atoms with Gasteiger partial charge in [0.05, 0.1) is 17.7 Å². The van der Waals surface area contributed by atoms with Crippen molar-refractivity contribution in [1.29, 1.82) is 0 Å². The van der Waals surface area contributed by atoms with Crippen molar-refractivity contribution in [3.05, 3.63) is 24.3 Å². The standard InChI is InChI=1S/C12H14N2O2/c1-9(2)13-8-14-11-4-6-12(7-5-11)16-10(3)15/h4-7,9H,1-3H3. The van der Waals surface area contributed by atoms with Crippen LogP contribution in [0.15, 0.2) is 34.3 Å². The highest BCUT2D eigenvalue weighted by molar-refractivity contribution is 5.69. The van der Waals surface area contributed by atoms with Crippen LogP contribution in [0.2, 0.25) is 0 Å². The largest absolute Gasteiger partial charge is 0.427 e. The van der Waals surface area contributed by atoms with Gasteiger partial charge in [-0.15, -0.1) is 0 Å². The molecule has 1 aromatic rings. The molecule has 16 heavy (non-hydrogen) atoms. The smallest absolute Gasteiger partial charge is 0.308 e. The maximum atomic E-state index is 10.7. The summed E-state index contributed by atoms with van der Waals surface area (Å²) < 4.78 is 4.89. The van der Waals surface area contributed by atoms with E-state index in [4.69, 9.17) is 4.74 Å². The predicted octanol–water partition coefficient (Wildman–Crippen LogP) is 2.83. The van der Waals surface area contributed by atoms with Crippen LogP contribution < -0.4 is 4.74 Å². The van der Waals surface area contributed by atoms with Crippen molar-refractivity contribution in [3.8, 4) is 5.75 Å². The van der Waals surface area contributed by atoms with Crippen molar-refractivity contribution in [3.63, 3.8) is 0 Å². The highest BCUT2D eigenvalue weighted by Gasteiger charge is 1.96. The minimum Gasteiger partial charge on any atom is -0.427 e. The van der Waals surface area contributed by atoms with Crippen molar-refractivity contribution in [2.75, 3.05) is 0 Å². The van der Waals surface area contributed by atoms with Crippen LogP contribution in [0.25, 0.3) is 0 Å². The lowest BCUT2D eigenvalue weighted by Crippen LogP contribution is -2.00. The van der Waals surface area contributed by atoms with Gasteiger partial charge in [-0.2, -0.15) is 4.99 Å². The van der Waals surface area contributed by atoms with Gasteiger partial charge in [0.2, 0.25) is 0 Å². The molecular weight excluding hydrogens is 204 g/mol. The van der Waals surface area contributed by atoms with E-state index in [0.29, 0.717) is 5.75 Å². The molecule has 0 saturated heterocycles. The van der Waals surface area contributed by atoms with E-state index < -0.39 is 0 Å². The SMILES string of the molecule is CC(=O)Oc1ccc(N=C=NC(C)C)cc1. The predicted molar refractivity (Wildman–Crippen MR) is 62.4 cm³/mol. The molecule has 0 aliphatic heterocycles. The Bertz CT molecular complexity index is 415. The van der Waals surface area contributed by atoms with Gasteiger partial charge < -0.3 is 4.74 Å². The Morgan fingerprint density at radius 1 is 1.31 bits per heavy atom.